The van der Waals surface area contributed by atoms with Crippen molar-refractivity contribution in [3.05, 3.63) is 0 Å². The Kier molecular flexibility index (Phi) is 4.46. The Morgan fingerprint density at radius 3 is 2.80 bits per heavy atom. The number of aliphatic hydroxyl groups excluding tert-OH is 2. The summed E-state index contributed by atoms with van der Waals surface area (Å²) in [5.74, 6) is -0.287. The van der Waals surface area contributed by atoms with E-state index in [1.807, 2.05) is 0 Å². The van der Waals surface area contributed by atoms with Crippen LogP contribution in [0.1, 0.15) is 26.7 Å². The maximum Gasteiger partial charge on any atom is 0.243 e. The van der Waals surface area contributed by atoms with E-state index in [1.165, 1.54) is 0 Å². The van der Waals surface area contributed by atoms with Crippen LogP contribution in [0.25, 0.3) is 0 Å². The summed E-state index contributed by atoms with van der Waals surface area (Å²) in [6.07, 6.45) is -2.51. The summed E-state index contributed by atoms with van der Waals surface area (Å²) in [5, 5.41) is 18.8. The SMILES string of the molecule is CCC(=O)NO[C@H]1O[C@H](C)[C@H](O)C[C@@H]1O. The van der Waals surface area contributed by atoms with Gasteiger partial charge in [-0.2, -0.15) is 0 Å². The predicted molar refractivity (Wildman–Crippen MR) is 50.5 cm³/mol. The summed E-state index contributed by atoms with van der Waals surface area (Å²) in [6, 6.07) is 0. The molecule has 1 aliphatic heterocycles. The van der Waals surface area contributed by atoms with Crippen molar-refractivity contribution in [2.45, 2.75) is 51.3 Å². The second-order valence-electron chi connectivity index (χ2n) is 3.58. The molecule has 15 heavy (non-hydrogen) atoms. The van der Waals surface area contributed by atoms with Gasteiger partial charge in [0.1, 0.15) is 6.10 Å². The zero-order chi connectivity index (χ0) is 11.4. The summed E-state index contributed by atoms with van der Waals surface area (Å²) in [7, 11) is 0. The van der Waals surface area contributed by atoms with Gasteiger partial charge in [-0.05, 0) is 6.92 Å². The Hall–Kier alpha value is -0.690. The van der Waals surface area contributed by atoms with Gasteiger partial charge >= 0.3 is 0 Å². The predicted octanol–water partition coefficient (Wildman–Crippen LogP) is -0.699. The van der Waals surface area contributed by atoms with E-state index in [4.69, 9.17) is 9.57 Å². The molecule has 1 aliphatic rings. The van der Waals surface area contributed by atoms with E-state index in [1.54, 1.807) is 13.8 Å². The first-order chi connectivity index (χ1) is 7.04. The van der Waals surface area contributed by atoms with Crippen LogP contribution < -0.4 is 5.48 Å². The molecule has 0 bridgehead atoms. The van der Waals surface area contributed by atoms with Crippen molar-refractivity contribution >= 4 is 5.91 Å². The van der Waals surface area contributed by atoms with E-state index in [9.17, 15) is 15.0 Å². The van der Waals surface area contributed by atoms with Crippen molar-refractivity contribution in [2.24, 2.45) is 0 Å². The van der Waals surface area contributed by atoms with E-state index in [-0.39, 0.29) is 12.3 Å². The second kappa shape index (κ2) is 5.41. The average Bonchev–Trinajstić information content (AvgIpc) is 2.21. The molecule has 88 valence electrons. The molecule has 4 atom stereocenters. The lowest BCUT2D eigenvalue weighted by Crippen LogP contribution is -2.49. The van der Waals surface area contributed by atoms with Crippen LogP contribution in [-0.2, 0) is 14.4 Å². The number of nitrogens with one attached hydrogen (secondary N) is 1. The first-order valence-electron chi connectivity index (χ1n) is 5.00. The molecule has 0 saturated carbocycles. The lowest BCUT2D eigenvalue weighted by Gasteiger charge is -2.34. The van der Waals surface area contributed by atoms with Crippen molar-refractivity contribution in [3.8, 4) is 0 Å². The highest BCUT2D eigenvalue weighted by Crippen LogP contribution is 2.20. The third-order valence-electron chi connectivity index (χ3n) is 2.30. The number of rotatable bonds is 3. The van der Waals surface area contributed by atoms with Crippen LogP contribution in [0.15, 0.2) is 0 Å². The second-order valence-corrected chi connectivity index (χ2v) is 3.58. The molecule has 0 radical (unpaired) electrons. The molecule has 3 N–H and O–H groups in total. The van der Waals surface area contributed by atoms with Gasteiger partial charge in [-0.3, -0.25) is 4.79 Å². The molecule has 1 heterocycles. The highest BCUT2D eigenvalue weighted by atomic mass is 16.8. The minimum Gasteiger partial charge on any atom is -0.390 e. The molecule has 6 nitrogen and oxygen atoms in total. The van der Waals surface area contributed by atoms with E-state index in [0.717, 1.165) is 0 Å². The third kappa shape index (κ3) is 3.42. The fraction of sp³-hybridized carbons (Fsp3) is 0.889. The van der Waals surface area contributed by atoms with Crippen molar-refractivity contribution in [3.63, 3.8) is 0 Å². The van der Waals surface area contributed by atoms with Crippen LogP contribution in [0.3, 0.4) is 0 Å². The van der Waals surface area contributed by atoms with Gasteiger partial charge in [0.25, 0.3) is 0 Å². The Morgan fingerprint density at radius 2 is 2.20 bits per heavy atom. The molecule has 0 aliphatic carbocycles. The van der Waals surface area contributed by atoms with E-state index in [0.29, 0.717) is 6.42 Å². The summed E-state index contributed by atoms with van der Waals surface area (Å²) < 4.78 is 5.17. The maximum atomic E-state index is 10.9. The van der Waals surface area contributed by atoms with Gasteiger partial charge in [-0.15, -0.1) is 0 Å². The van der Waals surface area contributed by atoms with Crippen LogP contribution in [0.5, 0.6) is 0 Å². The van der Waals surface area contributed by atoms with Gasteiger partial charge in [-0.1, -0.05) is 6.92 Å². The third-order valence-corrected chi connectivity index (χ3v) is 2.30. The average molecular weight is 219 g/mol. The number of carbonyl (C=O) groups is 1. The molecule has 1 fully saturated rings. The van der Waals surface area contributed by atoms with Crippen LogP contribution in [0.2, 0.25) is 0 Å². The number of aliphatic hydroxyl groups is 2. The first kappa shape index (κ1) is 12.4. The molecule has 1 amide bonds. The lowest BCUT2D eigenvalue weighted by atomic mass is 10.0. The molecular weight excluding hydrogens is 202 g/mol. The number of hydrogen-bond donors (Lipinski definition) is 3. The zero-order valence-electron chi connectivity index (χ0n) is 8.84. The van der Waals surface area contributed by atoms with Crippen molar-refractivity contribution in [2.75, 3.05) is 0 Å². The summed E-state index contributed by atoms with van der Waals surface area (Å²) in [6.45, 7) is 3.36. The Bertz CT molecular complexity index is 223. The summed E-state index contributed by atoms with van der Waals surface area (Å²) >= 11 is 0. The highest BCUT2D eigenvalue weighted by Gasteiger charge is 2.35. The minimum absolute atomic E-state index is 0.174. The summed E-state index contributed by atoms with van der Waals surface area (Å²) in [5.41, 5.74) is 2.16. The quantitative estimate of drug-likeness (QED) is 0.546. The standard InChI is InChI=1S/C9H17NO5/c1-3-8(13)10-15-9-7(12)4-6(11)5(2)14-9/h5-7,9,11-12H,3-4H2,1-2H3,(H,10,13)/t5-,6-,7+,9-/m1/s1. The topological polar surface area (TPSA) is 88.0 Å². The van der Waals surface area contributed by atoms with Crippen molar-refractivity contribution < 1.29 is 24.6 Å². The molecule has 1 saturated heterocycles. The number of hydrogen-bond acceptors (Lipinski definition) is 5. The maximum absolute atomic E-state index is 10.9. The minimum atomic E-state index is -0.937. The normalized spacial score (nSPS) is 36.3. The van der Waals surface area contributed by atoms with Gasteiger partial charge in [-0.25, -0.2) is 10.3 Å². The summed E-state index contributed by atoms with van der Waals surface area (Å²) in [4.78, 5) is 15.8. The number of carbonyl (C=O) groups excluding carboxylic acids is 1. The fourth-order valence-electron chi connectivity index (χ4n) is 1.25. The van der Waals surface area contributed by atoms with Gasteiger partial charge in [0.05, 0.1) is 12.2 Å². The first-order valence-corrected chi connectivity index (χ1v) is 5.00. The van der Waals surface area contributed by atoms with Crippen LogP contribution in [-0.4, -0.2) is 40.7 Å². The van der Waals surface area contributed by atoms with Crippen molar-refractivity contribution in [1.29, 1.82) is 0 Å². The molecule has 0 aromatic heterocycles. The van der Waals surface area contributed by atoms with Gasteiger partial charge in [0, 0.05) is 12.8 Å². The molecule has 6 heteroatoms. The fourth-order valence-corrected chi connectivity index (χ4v) is 1.25. The molecule has 1 rings (SSSR count). The van der Waals surface area contributed by atoms with Gasteiger partial charge in [0.15, 0.2) is 0 Å². The van der Waals surface area contributed by atoms with Crippen LogP contribution >= 0.6 is 0 Å². The molecule has 0 aromatic carbocycles. The largest absolute Gasteiger partial charge is 0.390 e. The zero-order valence-corrected chi connectivity index (χ0v) is 8.84. The van der Waals surface area contributed by atoms with E-state index < -0.39 is 24.6 Å². The monoisotopic (exact) mass is 219 g/mol. The molecular formula is C9H17NO5. The molecule has 0 unspecified atom stereocenters. The van der Waals surface area contributed by atoms with E-state index >= 15 is 0 Å². The number of amides is 1. The molecule has 0 aromatic rings. The van der Waals surface area contributed by atoms with E-state index in [2.05, 4.69) is 5.48 Å². The Labute approximate surface area is 88.1 Å². The lowest BCUT2D eigenvalue weighted by molar-refractivity contribution is -0.278. The molecule has 0 spiro atoms. The van der Waals surface area contributed by atoms with Gasteiger partial charge in [0.2, 0.25) is 12.2 Å². The van der Waals surface area contributed by atoms with Crippen molar-refractivity contribution in [1.82, 2.24) is 5.48 Å². The number of ether oxygens (including phenoxy) is 1. The van der Waals surface area contributed by atoms with Crippen LogP contribution in [0.4, 0.5) is 0 Å². The highest BCUT2D eigenvalue weighted by molar-refractivity contribution is 5.74. The van der Waals surface area contributed by atoms with Crippen LogP contribution in [0, 0.1) is 0 Å². The Balaban J connectivity index is 2.38. The van der Waals surface area contributed by atoms with Gasteiger partial charge < -0.3 is 14.9 Å². The number of hydroxylamine groups is 1. The smallest absolute Gasteiger partial charge is 0.243 e. The Morgan fingerprint density at radius 1 is 1.53 bits per heavy atom.